The molecule has 1 unspecified atom stereocenters. The van der Waals surface area contributed by atoms with E-state index in [2.05, 4.69) is 0 Å². The highest BCUT2D eigenvalue weighted by Crippen LogP contribution is 2.31. The maximum Gasteiger partial charge on any atom is 0.150 e. The van der Waals surface area contributed by atoms with Gasteiger partial charge in [-0.15, -0.1) is 0 Å². The molecule has 78 valence electrons. The third-order valence-electron chi connectivity index (χ3n) is 3.36. The quantitative estimate of drug-likeness (QED) is 0.746. The van der Waals surface area contributed by atoms with E-state index in [1.54, 1.807) is 0 Å². The highest BCUT2D eigenvalue weighted by Gasteiger charge is 2.39. The number of rotatable bonds is 3. The minimum Gasteiger partial charge on any atom is -0.325 e. The lowest BCUT2D eigenvalue weighted by Crippen LogP contribution is -2.46. The van der Waals surface area contributed by atoms with Crippen molar-refractivity contribution in [2.45, 2.75) is 38.6 Å². The second-order valence-corrected chi connectivity index (χ2v) is 6.27. The first kappa shape index (κ1) is 11.0. The summed E-state index contributed by atoms with van der Waals surface area (Å²) in [5.41, 5.74) is 5.90. The van der Waals surface area contributed by atoms with Gasteiger partial charge in [0.25, 0.3) is 0 Å². The van der Waals surface area contributed by atoms with Gasteiger partial charge in [0.15, 0.2) is 9.84 Å². The predicted molar refractivity (Wildman–Crippen MR) is 54.3 cm³/mol. The smallest absolute Gasteiger partial charge is 0.150 e. The highest BCUT2D eigenvalue weighted by atomic mass is 32.2. The van der Waals surface area contributed by atoms with Gasteiger partial charge in [-0.1, -0.05) is 13.8 Å². The highest BCUT2D eigenvalue weighted by molar-refractivity contribution is 7.91. The molecule has 0 aliphatic carbocycles. The molecule has 2 N–H and O–H groups in total. The van der Waals surface area contributed by atoms with Crippen molar-refractivity contribution in [2.24, 2.45) is 11.7 Å². The molecule has 0 aromatic heterocycles. The second kappa shape index (κ2) is 3.58. The summed E-state index contributed by atoms with van der Waals surface area (Å²) >= 11 is 0. The molecule has 1 atom stereocenters. The van der Waals surface area contributed by atoms with Crippen LogP contribution in [-0.4, -0.2) is 25.5 Å². The minimum absolute atomic E-state index is 0.174. The van der Waals surface area contributed by atoms with Gasteiger partial charge in [-0.05, 0) is 25.2 Å². The molecular formula is C9H19NO2S. The van der Waals surface area contributed by atoms with Crippen molar-refractivity contribution in [3.8, 4) is 0 Å². The molecule has 0 radical (unpaired) electrons. The van der Waals surface area contributed by atoms with Crippen LogP contribution in [-0.2, 0) is 9.84 Å². The molecule has 0 aromatic rings. The standard InChI is InChI=1S/C9H19NO2S/c1-3-9(10,4-2)8-5-6-13(11,12)7-8/h8H,3-7,10H2,1-2H3. The van der Waals surface area contributed by atoms with E-state index < -0.39 is 9.84 Å². The van der Waals surface area contributed by atoms with Crippen molar-refractivity contribution in [2.75, 3.05) is 11.5 Å². The number of nitrogens with two attached hydrogens (primary N) is 1. The summed E-state index contributed by atoms with van der Waals surface area (Å²) < 4.78 is 22.5. The number of hydrogen-bond acceptors (Lipinski definition) is 3. The third-order valence-corrected chi connectivity index (χ3v) is 5.13. The van der Waals surface area contributed by atoms with E-state index in [0.29, 0.717) is 11.5 Å². The van der Waals surface area contributed by atoms with E-state index in [0.717, 1.165) is 19.3 Å². The lowest BCUT2D eigenvalue weighted by atomic mass is 9.80. The SMILES string of the molecule is CCC(N)(CC)C1CCS(=O)(=O)C1. The van der Waals surface area contributed by atoms with E-state index in [4.69, 9.17) is 5.73 Å². The zero-order valence-electron chi connectivity index (χ0n) is 8.41. The fraction of sp³-hybridized carbons (Fsp3) is 1.00. The Hall–Kier alpha value is -0.0900. The van der Waals surface area contributed by atoms with Gasteiger partial charge in [-0.2, -0.15) is 0 Å². The Labute approximate surface area is 80.6 Å². The first-order chi connectivity index (χ1) is 5.93. The van der Waals surface area contributed by atoms with Crippen LogP contribution in [0, 0.1) is 5.92 Å². The molecule has 1 saturated heterocycles. The molecule has 0 aromatic carbocycles. The average molecular weight is 205 g/mol. The topological polar surface area (TPSA) is 60.2 Å². The fourth-order valence-electron chi connectivity index (χ4n) is 2.08. The van der Waals surface area contributed by atoms with Gasteiger partial charge < -0.3 is 5.73 Å². The van der Waals surface area contributed by atoms with Crippen LogP contribution in [0.5, 0.6) is 0 Å². The van der Waals surface area contributed by atoms with Crippen LogP contribution < -0.4 is 5.73 Å². The van der Waals surface area contributed by atoms with E-state index in [-0.39, 0.29) is 11.5 Å². The van der Waals surface area contributed by atoms with Crippen LogP contribution in [0.15, 0.2) is 0 Å². The molecular weight excluding hydrogens is 186 g/mol. The summed E-state index contributed by atoms with van der Waals surface area (Å²) in [5.74, 6) is 0.800. The Morgan fingerprint density at radius 3 is 2.23 bits per heavy atom. The monoisotopic (exact) mass is 205 g/mol. The minimum atomic E-state index is -2.78. The van der Waals surface area contributed by atoms with Crippen LogP contribution in [0.4, 0.5) is 0 Å². The Kier molecular flexibility index (Phi) is 3.02. The summed E-state index contributed by atoms with van der Waals surface area (Å²) in [5, 5.41) is 0. The van der Waals surface area contributed by atoms with Crippen molar-refractivity contribution in [1.82, 2.24) is 0 Å². The van der Waals surface area contributed by atoms with E-state index in [1.807, 2.05) is 13.8 Å². The van der Waals surface area contributed by atoms with Crippen LogP contribution in [0.25, 0.3) is 0 Å². The van der Waals surface area contributed by atoms with Crippen molar-refractivity contribution in [3.05, 3.63) is 0 Å². The lowest BCUT2D eigenvalue weighted by Gasteiger charge is -2.32. The fourth-order valence-corrected chi connectivity index (χ4v) is 4.00. The maximum atomic E-state index is 11.3. The van der Waals surface area contributed by atoms with Gasteiger partial charge in [0, 0.05) is 5.54 Å². The van der Waals surface area contributed by atoms with E-state index >= 15 is 0 Å². The van der Waals surface area contributed by atoms with Gasteiger partial charge in [-0.25, -0.2) is 8.42 Å². The molecule has 1 heterocycles. The normalized spacial score (nSPS) is 27.8. The number of hydrogen-bond donors (Lipinski definition) is 1. The van der Waals surface area contributed by atoms with Crippen LogP contribution in [0.2, 0.25) is 0 Å². The molecule has 1 aliphatic rings. The molecule has 0 bridgehead atoms. The van der Waals surface area contributed by atoms with Gasteiger partial charge in [0.1, 0.15) is 0 Å². The van der Waals surface area contributed by atoms with Gasteiger partial charge in [0.2, 0.25) is 0 Å². The first-order valence-corrected chi connectivity index (χ1v) is 6.75. The maximum absolute atomic E-state index is 11.3. The van der Waals surface area contributed by atoms with Gasteiger partial charge >= 0.3 is 0 Å². The van der Waals surface area contributed by atoms with Crippen LogP contribution in [0.3, 0.4) is 0 Å². The number of sulfone groups is 1. The Morgan fingerprint density at radius 2 is 1.92 bits per heavy atom. The Bertz CT molecular complexity index is 267. The summed E-state index contributed by atoms with van der Waals surface area (Å²) in [6.07, 6.45) is 2.48. The summed E-state index contributed by atoms with van der Waals surface area (Å²) in [6.45, 7) is 4.07. The zero-order chi connectivity index (χ0) is 10.1. The molecule has 0 saturated carbocycles. The molecule has 1 rings (SSSR count). The molecule has 4 heteroatoms. The van der Waals surface area contributed by atoms with E-state index in [9.17, 15) is 8.42 Å². The summed E-state index contributed by atoms with van der Waals surface area (Å²) in [6, 6.07) is 0. The lowest BCUT2D eigenvalue weighted by molar-refractivity contribution is 0.274. The van der Waals surface area contributed by atoms with Crippen molar-refractivity contribution < 1.29 is 8.42 Å². The van der Waals surface area contributed by atoms with E-state index in [1.165, 1.54) is 0 Å². The molecule has 0 spiro atoms. The van der Waals surface area contributed by atoms with Crippen molar-refractivity contribution in [1.29, 1.82) is 0 Å². The average Bonchev–Trinajstić information content (AvgIpc) is 2.45. The molecule has 13 heavy (non-hydrogen) atoms. The third kappa shape index (κ3) is 2.23. The van der Waals surface area contributed by atoms with Crippen LogP contribution in [0.1, 0.15) is 33.1 Å². The van der Waals surface area contributed by atoms with Crippen molar-refractivity contribution in [3.63, 3.8) is 0 Å². The molecule has 3 nitrogen and oxygen atoms in total. The molecule has 0 amide bonds. The van der Waals surface area contributed by atoms with Gasteiger partial charge in [0.05, 0.1) is 11.5 Å². The molecule has 1 aliphatic heterocycles. The van der Waals surface area contributed by atoms with Crippen molar-refractivity contribution >= 4 is 9.84 Å². The predicted octanol–water partition coefficient (Wildman–Crippen LogP) is 0.939. The Morgan fingerprint density at radius 1 is 1.38 bits per heavy atom. The summed E-state index contributed by atoms with van der Waals surface area (Å²) in [4.78, 5) is 0. The Balaban J connectivity index is 2.75. The zero-order valence-corrected chi connectivity index (χ0v) is 9.23. The second-order valence-electron chi connectivity index (χ2n) is 4.04. The largest absolute Gasteiger partial charge is 0.325 e. The van der Waals surface area contributed by atoms with Gasteiger partial charge in [-0.3, -0.25) is 0 Å². The molecule has 1 fully saturated rings. The van der Waals surface area contributed by atoms with Crippen LogP contribution >= 0.6 is 0 Å². The summed E-state index contributed by atoms with van der Waals surface area (Å²) in [7, 11) is -2.78. The first-order valence-electron chi connectivity index (χ1n) is 4.93.